The first kappa shape index (κ1) is 13.9. The maximum atomic E-state index is 11.3. The van der Waals surface area contributed by atoms with Gasteiger partial charge < -0.3 is 10.6 Å². The second-order valence-electron chi connectivity index (χ2n) is 6.23. The zero-order valence-electron chi connectivity index (χ0n) is 12.1. The van der Waals surface area contributed by atoms with Gasteiger partial charge in [-0.1, -0.05) is 20.8 Å². The second kappa shape index (κ2) is 5.64. The number of hydrogen-bond acceptors (Lipinski definition) is 2. The summed E-state index contributed by atoms with van der Waals surface area (Å²) in [6.45, 7) is 6.52. The summed E-state index contributed by atoms with van der Waals surface area (Å²) < 4.78 is 0. The quantitative estimate of drug-likeness (QED) is 0.858. The van der Waals surface area contributed by atoms with E-state index in [1.54, 1.807) is 0 Å². The van der Waals surface area contributed by atoms with Crippen molar-refractivity contribution in [2.45, 2.75) is 52.5 Å². The molecule has 3 nitrogen and oxygen atoms in total. The number of nitrogens with one attached hydrogen (secondary N) is 2. The first-order valence-electron chi connectivity index (χ1n) is 7.15. The number of hydrogen-bond donors (Lipinski definition) is 2. The van der Waals surface area contributed by atoms with Crippen LogP contribution in [0.1, 0.15) is 46.5 Å². The van der Waals surface area contributed by atoms with Crippen LogP contribution < -0.4 is 10.6 Å². The van der Waals surface area contributed by atoms with E-state index in [2.05, 4.69) is 24.5 Å². The van der Waals surface area contributed by atoms with Crippen LogP contribution in [-0.2, 0) is 4.79 Å². The summed E-state index contributed by atoms with van der Waals surface area (Å²) in [6.07, 6.45) is 4.26. The Morgan fingerprint density at radius 1 is 1.26 bits per heavy atom. The molecule has 2 N–H and O–H groups in total. The summed E-state index contributed by atoms with van der Waals surface area (Å²) in [5.74, 6) is 0.0539. The van der Waals surface area contributed by atoms with E-state index in [9.17, 15) is 4.79 Å². The fourth-order valence-corrected chi connectivity index (χ4v) is 2.69. The van der Waals surface area contributed by atoms with Crippen molar-refractivity contribution in [3.05, 3.63) is 24.3 Å². The Morgan fingerprint density at radius 2 is 1.89 bits per heavy atom. The van der Waals surface area contributed by atoms with E-state index >= 15 is 0 Å². The van der Waals surface area contributed by atoms with Gasteiger partial charge in [-0.05, 0) is 48.9 Å². The van der Waals surface area contributed by atoms with Crippen LogP contribution in [0.5, 0.6) is 0 Å². The summed E-state index contributed by atoms with van der Waals surface area (Å²) in [7, 11) is 0. The van der Waals surface area contributed by atoms with Crippen LogP contribution in [0.2, 0.25) is 0 Å². The summed E-state index contributed by atoms with van der Waals surface area (Å²) in [5, 5.41) is 6.44. The van der Waals surface area contributed by atoms with Gasteiger partial charge in [-0.3, -0.25) is 4.79 Å². The fourth-order valence-electron chi connectivity index (χ4n) is 2.69. The van der Waals surface area contributed by atoms with E-state index in [1.807, 2.05) is 31.2 Å². The molecule has 1 amide bonds. The predicted octanol–water partition coefficient (Wildman–Crippen LogP) is 4.03. The summed E-state index contributed by atoms with van der Waals surface area (Å²) in [4.78, 5) is 11.3. The van der Waals surface area contributed by atoms with Crippen molar-refractivity contribution in [3.8, 4) is 0 Å². The van der Waals surface area contributed by atoms with Crippen LogP contribution in [0, 0.1) is 5.41 Å². The van der Waals surface area contributed by atoms with Crippen molar-refractivity contribution in [2.24, 2.45) is 5.41 Å². The Hall–Kier alpha value is -1.51. The monoisotopic (exact) mass is 260 g/mol. The summed E-state index contributed by atoms with van der Waals surface area (Å²) >= 11 is 0. The molecule has 1 unspecified atom stereocenters. The molecule has 1 fully saturated rings. The molecule has 1 aliphatic rings. The van der Waals surface area contributed by atoms with Gasteiger partial charge in [0, 0.05) is 23.8 Å². The number of benzene rings is 1. The lowest BCUT2D eigenvalue weighted by molar-refractivity contribution is -0.115. The summed E-state index contributed by atoms with van der Waals surface area (Å²) in [6, 6.07) is 8.56. The van der Waals surface area contributed by atoms with Crippen LogP contribution in [0.4, 0.5) is 11.4 Å². The molecule has 104 valence electrons. The molecule has 1 atom stereocenters. The predicted molar refractivity (Wildman–Crippen MR) is 80.4 cm³/mol. The number of carbonyl (C=O) groups excluding carboxylic acids is 1. The Labute approximate surface area is 115 Å². The van der Waals surface area contributed by atoms with Crippen molar-refractivity contribution in [1.29, 1.82) is 0 Å². The second-order valence-corrected chi connectivity index (χ2v) is 6.23. The average molecular weight is 260 g/mol. The molecule has 2 rings (SSSR count). The first-order valence-corrected chi connectivity index (χ1v) is 7.15. The Morgan fingerprint density at radius 3 is 2.42 bits per heavy atom. The maximum Gasteiger partial charge on any atom is 0.224 e. The molecule has 1 aromatic rings. The lowest BCUT2D eigenvalue weighted by atomic mass is 9.92. The van der Waals surface area contributed by atoms with Crippen LogP contribution in [0.15, 0.2) is 24.3 Å². The normalized spacial score (nSPS) is 21.1. The van der Waals surface area contributed by atoms with Gasteiger partial charge >= 0.3 is 0 Å². The average Bonchev–Trinajstić information content (AvgIpc) is 2.71. The molecule has 19 heavy (non-hydrogen) atoms. The van der Waals surface area contributed by atoms with Crippen LogP contribution in [-0.4, -0.2) is 11.9 Å². The largest absolute Gasteiger partial charge is 0.382 e. The molecule has 0 radical (unpaired) electrons. The van der Waals surface area contributed by atoms with Gasteiger partial charge in [0.1, 0.15) is 0 Å². The zero-order valence-corrected chi connectivity index (χ0v) is 12.1. The minimum Gasteiger partial charge on any atom is -0.382 e. The van der Waals surface area contributed by atoms with Crippen molar-refractivity contribution in [1.82, 2.24) is 0 Å². The molecule has 0 spiro atoms. The highest BCUT2D eigenvalue weighted by atomic mass is 16.1. The minimum absolute atomic E-state index is 0.0539. The highest BCUT2D eigenvalue weighted by Crippen LogP contribution is 2.38. The van der Waals surface area contributed by atoms with Crippen LogP contribution in [0.3, 0.4) is 0 Å². The zero-order chi connectivity index (χ0) is 13.9. The van der Waals surface area contributed by atoms with Gasteiger partial charge in [0.25, 0.3) is 0 Å². The third kappa shape index (κ3) is 3.98. The van der Waals surface area contributed by atoms with E-state index in [-0.39, 0.29) is 5.91 Å². The third-order valence-corrected chi connectivity index (χ3v) is 3.83. The van der Waals surface area contributed by atoms with Crippen molar-refractivity contribution in [2.75, 3.05) is 10.6 Å². The van der Waals surface area contributed by atoms with E-state index in [4.69, 9.17) is 0 Å². The minimum atomic E-state index is 0.0539. The van der Waals surface area contributed by atoms with Gasteiger partial charge in [-0.2, -0.15) is 0 Å². The number of rotatable bonds is 4. The van der Waals surface area contributed by atoms with Crippen LogP contribution in [0.25, 0.3) is 0 Å². The van der Waals surface area contributed by atoms with E-state index < -0.39 is 0 Å². The molecule has 0 aliphatic heterocycles. The van der Waals surface area contributed by atoms with E-state index in [0.29, 0.717) is 17.9 Å². The van der Waals surface area contributed by atoms with Crippen LogP contribution >= 0.6 is 0 Å². The van der Waals surface area contributed by atoms with E-state index in [1.165, 1.54) is 19.3 Å². The first-order chi connectivity index (χ1) is 8.98. The topological polar surface area (TPSA) is 41.1 Å². The molecule has 0 bridgehead atoms. The van der Waals surface area contributed by atoms with Crippen molar-refractivity contribution < 1.29 is 4.79 Å². The highest BCUT2D eigenvalue weighted by molar-refractivity contribution is 5.90. The number of carbonyl (C=O) groups is 1. The maximum absolute atomic E-state index is 11.3. The molecule has 0 heterocycles. The van der Waals surface area contributed by atoms with Gasteiger partial charge in [-0.15, -0.1) is 0 Å². The van der Waals surface area contributed by atoms with Crippen molar-refractivity contribution >= 4 is 17.3 Å². The molecule has 1 saturated carbocycles. The van der Waals surface area contributed by atoms with Crippen molar-refractivity contribution in [3.63, 3.8) is 0 Å². The SMILES string of the molecule is CCC(=O)Nc1ccc(NC2CCC(C)(C)C2)cc1. The Kier molecular flexibility index (Phi) is 4.13. The molecule has 0 aromatic heterocycles. The number of amides is 1. The highest BCUT2D eigenvalue weighted by Gasteiger charge is 2.30. The fraction of sp³-hybridized carbons (Fsp3) is 0.562. The van der Waals surface area contributed by atoms with Gasteiger partial charge in [0.05, 0.1) is 0 Å². The lowest BCUT2D eigenvalue weighted by Gasteiger charge is -2.18. The third-order valence-electron chi connectivity index (χ3n) is 3.83. The summed E-state index contributed by atoms with van der Waals surface area (Å²) in [5.41, 5.74) is 2.47. The van der Waals surface area contributed by atoms with Gasteiger partial charge in [0.2, 0.25) is 5.91 Å². The van der Waals surface area contributed by atoms with E-state index in [0.717, 1.165) is 11.4 Å². The molecular formula is C16H24N2O. The Bertz CT molecular complexity index is 437. The Balaban J connectivity index is 1.90. The van der Waals surface area contributed by atoms with Gasteiger partial charge in [0.15, 0.2) is 0 Å². The van der Waals surface area contributed by atoms with Gasteiger partial charge in [-0.25, -0.2) is 0 Å². The number of anilines is 2. The molecule has 1 aromatic carbocycles. The smallest absolute Gasteiger partial charge is 0.224 e. The lowest BCUT2D eigenvalue weighted by Crippen LogP contribution is -2.17. The molecule has 0 saturated heterocycles. The molecule has 3 heteroatoms. The molecule has 1 aliphatic carbocycles. The molecular weight excluding hydrogens is 236 g/mol. The standard InChI is InChI=1S/C16H24N2O/c1-4-15(19)18-13-7-5-12(6-8-13)17-14-9-10-16(2,3)11-14/h5-8,14,17H,4,9-11H2,1-3H3,(H,18,19).